The zero-order chi connectivity index (χ0) is 14.5. The van der Waals surface area contributed by atoms with E-state index in [9.17, 15) is 13.2 Å². The van der Waals surface area contributed by atoms with E-state index >= 15 is 0 Å². The van der Waals surface area contributed by atoms with E-state index in [0.29, 0.717) is 5.56 Å². The number of ether oxygens (including phenoxy) is 2. The topological polar surface area (TPSA) is 44.5 Å². The number of alkyl halides is 3. The van der Waals surface area contributed by atoms with Crippen LogP contribution in [0, 0.1) is 0 Å². The van der Waals surface area contributed by atoms with Crippen LogP contribution in [0.2, 0.25) is 0 Å². The maximum Gasteiger partial charge on any atom is 0.573 e. The molecule has 1 aromatic rings. The van der Waals surface area contributed by atoms with Gasteiger partial charge in [0, 0.05) is 7.11 Å². The van der Waals surface area contributed by atoms with E-state index in [1.807, 2.05) is 6.92 Å². The van der Waals surface area contributed by atoms with E-state index in [1.54, 1.807) is 6.07 Å². The summed E-state index contributed by atoms with van der Waals surface area (Å²) in [6, 6.07) is 5.19. The Morgan fingerprint density at radius 3 is 2.53 bits per heavy atom. The second-order valence-electron chi connectivity index (χ2n) is 4.21. The Balaban J connectivity index is 2.85. The van der Waals surface area contributed by atoms with Crippen LogP contribution in [0.5, 0.6) is 5.75 Å². The van der Waals surface area contributed by atoms with Gasteiger partial charge in [-0.1, -0.05) is 25.5 Å². The van der Waals surface area contributed by atoms with Gasteiger partial charge in [0.25, 0.3) is 0 Å². The van der Waals surface area contributed by atoms with Crippen LogP contribution in [0.3, 0.4) is 0 Å². The Bertz CT molecular complexity index is 396. The van der Waals surface area contributed by atoms with Crippen LogP contribution in [-0.4, -0.2) is 19.6 Å². The van der Waals surface area contributed by atoms with Crippen molar-refractivity contribution in [3.8, 4) is 5.75 Å². The molecule has 2 atom stereocenters. The van der Waals surface area contributed by atoms with Gasteiger partial charge >= 0.3 is 6.36 Å². The maximum absolute atomic E-state index is 12.1. The van der Waals surface area contributed by atoms with Crippen LogP contribution in [0.4, 0.5) is 13.2 Å². The lowest BCUT2D eigenvalue weighted by Crippen LogP contribution is -2.28. The number of nitrogens with two attached hydrogens (primary N) is 1. The fraction of sp³-hybridized carbons (Fsp3) is 0.538. The molecule has 2 unspecified atom stereocenters. The summed E-state index contributed by atoms with van der Waals surface area (Å²) in [5, 5.41) is 0. The molecule has 0 spiro atoms. The molecule has 1 aromatic carbocycles. The number of rotatable bonds is 6. The largest absolute Gasteiger partial charge is 0.573 e. The minimum Gasteiger partial charge on any atom is -0.406 e. The van der Waals surface area contributed by atoms with Crippen LogP contribution in [0.25, 0.3) is 0 Å². The molecule has 2 N–H and O–H groups in total. The van der Waals surface area contributed by atoms with Gasteiger partial charge in [0.05, 0.1) is 12.1 Å². The van der Waals surface area contributed by atoms with Crippen LogP contribution in [0.1, 0.15) is 31.4 Å². The summed E-state index contributed by atoms with van der Waals surface area (Å²) in [5.74, 6) is -0.271. The highest BCUT2D eigenvalue weighted by molar-refractivity contribution is 5.31. The molecule has 0 heterocycles. The molecule has 0 aliphatic heterocycles. The fourth-order valence-corrected chi connectivity index (χ4v) is 1.86. The van der Waals surface area contributed by atoms with Gasteiger partial charge in [-0.25, -0.2) is 0 Å². The van der Waals surface area contributed by atoms with Gasteiger partial charge in [-0.15, -0.1) is 13.2 Å². The second-order valence-corrected chi connectivity index (χ2v) is 4.21. The first kappa shape index (κ1) is 15.8. The lowest BCUT2D eigenvalue weighted by atomic mass is 9.99. The highest BCUT2D eigenvalue weighted by Crippen LogP contribution is 2.27. The molecule has 0 radical (unpaired) electrons. The van der Waals surface area contributed by atoms with E-state index < -0.39 is 12.4 Å². The standard InChI is InChI=1S/C13H18F3NO2/c1-3-5-11(18-2)12(17)9-6-4-7-10(8-9)19-13(14,15)16/h4,6-8,11-12H,3,5,17H2,1-2H3. The predicted molar refractivity (Wildman–Crippen MR) is 65.8 cm³/mol. The van der Waals surface area contributed by atoms with E-state index in [2.05, 4.69) is 4.74 Å². The molecule has 1 rings (SSSR count). The molecule has 0 saturated carbocycles. The molecule has 6 heteroatoms. The Labute approximate surface area is 110 Å². The fourth-order valence-electron chi connectivity index (χ4n) is 1.86. The first-order valence-corrected chi connectivity index (χ1v) is 6.01. The van der Waals surface area contributed by atoms with E-state index in [1.165, 1.54) is 25.3 Å². The molecule has 19 heavy (non-hydrogen) atoms. The van der Waals surface area contributed by atoms with Crippen molar-refractivity contribution >= 4 is 0 Å². The van der Waals surface area contributed by atoms with Gasteiger partial charge < -0.3 is 15.2 Å². The summed E-state index contributed by atoms with van der Waals surface area (Å²) in [4.78, 5) is 0. The highest BCUT2D eigenvalue weighted by Gasteiger charge is 2.31. The van der Waals surface area contributed by atoms with Crippen LogP contribution >= 0.6 is 0 Å². The van der Waals surface area contributed by atoms with Crippen molar-refractivity contribution in [1.82, 2.24) is 0 Å². The van der Waals surface area contributed by atoms with Gasteiger partial charge in [0.15, 0.2) is 0 Å². The average Bonchev–Trinajstić information content (AvgIpc) is 2.33. The maximum atomic E-state index is 12.1. The van der Waals surface area contributed by atoms with Crippen molar-refractivity contribution in [1.29, 1.82) is 0 Å². The van der Waals surface area contributed by atoms with Crippen LogP contribution in [-0.2, 0) is 4.74 Å². The smallest absolute Gasteiger partial charge is 0.406 e. The third kappa shape index (κ3) is 5.08. The number of methoxy groups -OCH3 is 1. The summed E-state index contributed by atoms with van der Waals surface area (Å²) in [6.45, 7) is 1.99. The Morgan fingerprint density at radius 1 is 1.32 bits per heavy atom. The van der Waals surface area contributed by atoms with Gasteiger partial charge in [0.2, 0.25) is 0 Å². The van der Waals surface area contributed by atoms with Gasteiger partial charge in [0.1, 0.15) is 5.75 Å². The molecular weight excluding hydrogens is 259 g/mol. The Kier molecular flexibility index (Phi) is 5.62. The first-order chi connectivity index (χ1) is 8.87. The molecule has 0 bridgehead atoms. The molecule has 0 aliphatic carbocycles. The zero-order valence-electron chi connectivity index (χ0n) is 10.9. The molecule has 108 valence electrons. The predicted octanol–water partition coefficient (Wildman–Crippen LogP) is 3.40. The van der Waals surface area contributed by atoms with Crippen molar-refractivity contribution in [2.75, 3.05) is 7.11 Å². The van der Waals surface area contributed by atoms with Crippen molar-refractivity contribution in [2.24, 2.45) is 5.73 Å². The molecule has 0 amide bonds. The molecular formula is C13H18F3NO2. The van der Waals surface area contributed by atoms with Crippen LogP contribution in [0.15, 0.2) is 24.3 Å². The molecule has 0 aromatic heterocycles. The molecule has 0 saturated heterocycles. The normalized spacial score (nSPS) is 15.1. The third-order valence-corrected chi connectivity index (χ3v) is 2.75. The minimum atomic E-state index is -4.70. The monoisotopic (exact) mass is 277 g/mol. The number of halogens is 3. The van der Waals surface area contributed by atoms with Gasteiger partial charge in [-0.2, -0.15) is 0 Å². The van der Waals surface area contributed by atoms with E-state index in [0.717, 1.165) is 12.8 Å². The summed E-state index contributed by atoms with van der Waals surface area (Å²) in [7, 11) is 1.54. The molecule has 0 fully saturated rings. The lowest BCUT2D eigenvalue weighted by Gasteiger charge is -2.23. The van der Waals surface area contributed by atoms with Gasteiger partial charge in [-0.05, 0) is 24.1 Å². The van der Waals surface area contributed by atoms with Crippen molar-refractivity contribution < 1.29 is 22.6 Å². The summed E-state index contributed by atoms with van der Waals surface area (Å²) in [6.07, 6.45) is -3.31. The Hall–Kier alpha value is -1.27. The average molecular weight is 277 g/mol. The number of hydrogen-bond donors (Lipinski definition) is 1. The molecule has 0 aliphatic rings. The van der Waals surface area contributed by atoms with Crippen molar-refractivity contribution in [2.45, 2.75) is 38.3 Å². The zero-order valence-corrected chi connectivity index (χ0v) is 10.9. The van der Waals surface area contributed by atoms with Gasteiger partial charge in [-0.3, -0.25) is 0 Å². The highest BCUT2D eigenvalue weighted by atomic mass is 19.4. The third-order valence-electron chi connectivity index (χ3n) is 2.75. The van der Waals surface area contributed by atoms with E-state index in [-0.39, 0.29) is 11.9 Å². The van der Waals surface area contributed by atoms with Crippen molar-refractivity contribution in [3.63, 3.8) is 0 Å². The van der Waals surface area contributed by atoms with E-state index in [4.69, 9.17) is 10.5 Å². The lowest BCUT2D eigenvalue weighted by molar-refractivity contribution is -0.274. The van der Waals surface area contributed by atoms with Crippen molar-refractivity contribution in [3.05, 3.63) is 29.8 Å². The summed E-state index contributed by atoms with van der Waals surface area (Å²) >= 11 is 0. The molecule has 3 nitrogen and oxygen atoms in total. The number of hydrogen-bond acceptors (Lipinski definition) is 3. The SMILES string of the molecule is CCCC(OC)C(N)c1cccc(OC(F)(F)F)c1. The minimum absolute atomic E-state index is 0.230. The Morgan fingerprint density at radius 2 is 2.00 bits per heavy atom. The summed E-state index contributed by atoms with van der Waals surface area (Å²) < 4.78 is 45.6. The second kappa shape index (κ2) is 6.77. The summed E-state index contributed by atoms with van der Waals surface area (Å²) in [5.41, 5.74) is 6.56. The number of benzene rings is 1. The van der Waals surface area contributed by atoms with Crippen LogP contribution < -0.4 is 10.5 Å². The quantitative estimate of drug-likeness (QED) is 0.866. The first-order valence-electron chi connectivity index (χ1n) is 6.01.